The minimum Gasteiger partial charge on any atom is -0.655 e. The van der Waals surface area contributed by atoms with Crippen LogP contribution in [0.4, 0.5) is 0 Å². The van der Waals surface area contributed by atoms with Crippen LogP contribution in [0.25, 0.3) is 44.7 Å². The quantitative estimate of drug-likeness (QED) is 0.229. The molecule has 0 saturated heterocycles. The predicted octanol–water partition coefficient (Wildman–Crippen LogP) is 5.70. The van der Waals surface area contributed by atoms with Crippen LogP contribution in [0.5, 0.6) is 5.75 Å². The molecule has 0 aliphatic heterocycles. The van der Waals surface area contributed by atoms with E-state index in [1.165, 1.54) is 0 Å². The van der Waals surface area contributed by atoms with Gasteiger partial charge in [0.1, 0.15) is 5.75 Å². The number of para-hydroxylation sites is 1. The Kier molecular flexibility index (Phi) is 5.36. The van der Waals surface area contributed by atoms with Gasteiger partial charge in [-0.3, -0.25) is 4.98 Å². The van der Waals surface area contributed by atoms with Gasteiger partial charge in [-0.05, 0) is 28.6 Å². The molecule has 0 spiro atoms. The summed E-state index contributed by atoms with van der Waals surface area (Å²) in [4.78, 5) is 9.73. The van der Waals surface area contributed by atoms with Crippen molar-refractivity contribution >= 4 is 10.8 Å². The van der Waals surface area contributed by atoms with Gasteiger partial charge in [0, 0.05) is 33.6 Å². The van der Waals surface area contributed by atoms with Crippen LogP contribution >= 0.6 is 0 Å². The Bertz CT molecular complexity index is 1280. The molecule has 0 aliphatic rings. The zero-order valence-corrected chi connectivity index (χ0v) is 17.5. The van der Waals surface area contributed by atoms with Gasteiger partial charge in [0.05, 0.1) is 0 Å². The topological polar surface area (TPSA) is 47.2 Å². The number of benzene rings is 3. The smallest absolute Gasteiger partial charge is 0.121 e. The van der Waals surface area contributed by atoms with Crippen LogP contribution in [0.3, 0.4) is 0 Å². The van der Waals surface area contributed by atoms with Crippen molar-refractivity contribution in [1.29, 1.82) is 0 Å². The summed E-state index contributed by atoms with van der Waals surface area (Å²) in [6.07, 6.45) is 0. The number of aromatic hydroxyl groups is 1. The average Bonchev–Trinajstić information content (AvgIpc) is 3.14. The number of rotatable bonds is 3. The number of phenols is 1. The summed E-state index contributed by atoms with van der Waals surface area (Å²) in [6, 6.07) is 32.3. The molecule has 0 saturated carbocycles. The molecule has 29 heavy (non-hydrogen) atoms. The van der Waals surface area contributed by atoms with Crippen LogP contribution in [0, 0.1) is 6.07 Å². The summed E-state index contributed by atoms with van der Waals surface area (Å²) in [7, 11) is 0. The van der Waals surface area contributed by atoms with Crippen molar-refractivity contribution in [2.24, 2.45) is 0 Å². The molecule has 5 rings (SSSR count). The zero-order valence-electron chi connectivity index (χ0n) is 15.3. The standard InChI is InChI=1S/C25H16N2O.Au/c28-23-16-7-6-13-20(23)24-18-11-4-5-12-19(18)25(27-24)22-15-8-14-21(26-22)17-9-2-1-3-10-17;/h1-9,11-16H,(H-,26,27,28);/q-2;. The summed E-state index contributed by atoms with van der Waals surface area (Å²) in [5, 5.41) is 12.4. The van der Waals surface area contributed by atoms with E-state index < -0.39 is 0 Å². The van der Waals surface area contributed by atoms with Crippen molar-refractivity contribution in [1.82, 2.24) is 9.97 Å². The summed E-state index contributed by atoms with van der Waals surface area (Å²) < 4.78 is 0. The molecule has 1 N–H and O–H groups in total. The number of fused-ring (bicyclic) bond motifs is 1. The average molecular weight is 557 g/mol. The van der Waals surface area contributed by atoms with Crippen LogP contribution in [-0.4, -0.2) is 10.1 Å². The van der Waals surface area contributed by atoms with E-state index in [9.17, 15) is 5.11 Å². The van der Waals surface area contributed by atoms with Crippen LogP contribution in [0.2, 0.25) is 0 Å². The maximum Gasteiger partial charge on any atom is 0.121 e. The molecule has 145 valence electrons. The van der Waals surface area contributed by atoms with Gasteiger partial charge in [-0.1, -0.05) is 54.6 Å². The Morgan fingerprint density at radius 3 is 2.14 bits per heavy atom. The van der Waals surface area contributed by atoms with Crippen molar-refractivity contribution in [3.05, 3.63) is 97.1 Å². The van der Waals surface area contributed by atoms with Gasteiger partial charge in [0.2, 0.25) is 0 Å². The number of aromatic nitrogens is 2. The maximum absolute atomic E-state index is 10.3. The van der Waals surface area contributed by atoms with Gasteiger partial charge in [-0.15, -0.1) is 47.3 Å². The van der Waals surface area contributed by atoms with E-state index in [0.717, 1.165) is 44.7 Å². The summed E-state index contributed by atoms with van der Waals surface area (Å²) in [6.45, 7) is 0. The van der Waals surface area contributed by atoms with Crippen LogP contribution in [0.15, 0.2) is 91.0 Å². The van der Waals surface area contributed by atoms with Crippen LogP contribution in [-0.2, 0) is 22.4 Å². The fourth-order valence-electron chi connectivity index (χ4n) is 3.47. The van der Waals surface area contributed by atoms with E-state index in [4.69, 9.17) is 9.97 Å². The number of pyridine rings is 1. The number of hydrogen-bond acceptors (Lipinski definition) is 2. The minimum absolute atomic E-state index is 0. The molecule has 0 aliphatic carbocycles. The van der Waals surface area contributed by atoms with Gasteiger partial charge in [-0.2, -0.15) is 0 Å². The Morgan fingerprint density at radius 2 is 1.38 bits per heavy atom. The molecule has 0 unspecified atom stereocenters. The Balaban J connectivity index is 0.00000205. The van der Waals surface area contributed by atoms with E-state index in [2.05, 4.69) is 6.07 Å². The van der Waals surface area contributed by atoms with Crippen molar-refractivity contribution in [3.63, 3.8) is 0 Å². The fourth-order valence-corrected chi connectivity index (χ4v) is 3.47. The van der Waals surface area contributed by atoms with Gasteiger partial charge >= 0.3 is 0 Å². The second-order valence-electron chi connectivity index (χ2n) is 6.56. The monoisotopic (exact) mass is 557 g/mol. The minimum atomic E-state index is 0. The molecule has 0 fully saturated rings. The number of hydrogen-bond donors (Lipinski definition) is 1. The molecule has 3 aromatic carbocycles. The molecule has 5 aromatic rings. The van der Waals surface area contributed by atoms with Crippen molar-refractivity contribution in [2.45, 2.75) is 0 Å². The summed E-state index contributed by atoms with van der Waals surface area (Å²) in [5.41, 5.74) is 4.90. The third-order valence-electron chi connectivity index (χ3n) is 4.80. The van der Waals surface area contributed by atoms with Crippen LogP contribution < -0.4 is 4.98 Å². The largest absolute Gasteiger partial charge is 0.655 e. The molecule has 4 heteroatoms. The van der Waals surface area contributed by atoms with Crippen molar-refractivity contribution in [3.8, 4) is 39.7 Å². The van der Waals surface area contributed by atoms with E-state index in [1.54, 1.807) is 6.07 Å². The van der Waals surface area contributed by atoms with E-state index in [-0.39, 0.29) is 28.1 Å². The molecule has 3 nitrogen and oxygen atoms in total. The number of phenolic OH excluding ortho intramolecular Hbond substituents is 1. The second kappa shape index (κ2) is 8.10. The first kappa shape index (κ1) is 19.2. The molecular formula is C25H16AuN2O-2. The Morgan fingerprint density at radius 1 is 0.690 bits per heavy atom. The Labute approximate surface area is 184 Å². The third-order valence-corrected chi connectivity index (χ3v) is 4.80. The first-order chi connectivity index (χ1) is 13.8. The van der Waals surface area contributed by atoms with Crippen LogP contribution in [0.1, 0.15) is 0 Å². The van der Waals surface area contributed by atoms with E-state index in [0.29, 0.717) is 0 Å². The Hall–Kier alpha value is -3.11. The molecule has 0 bridgehead atoms. The normalized spacial score (nSPS) is 10.6. The number of nitrogens with zero attached hydrogens (tertiary/aromatic N) is 2. The molecule has 2 aromatic heterocycles. The van der Waals surface area contributed by atoms with Crippen molar-refractivity contribution in [2.75, 3.05) is 0 Å². The molecule has 0 atom stereocenters. The summed E-state index contributed by atoms with van der Waals surface area (Å²) >= 11 is 0. The van der Waals surface area contributed by atoms with Gasteiger partial charge in [0.25, 0.3) is 0 Å². The van der Waals surface area contributed by atoms with Gasteiger partial charge in [-0.25, -0.2) is 0 Å². The molecule has 2 heterocycles. The molecular weight excluding hydrogens is 541 g/mol. The van der Waals surface area contributed by atoms with E-state index in [1.807, 2.05) is 84.9 Å². The van der Waals surface area contributed by atoms with Gasteiger partial charge < -0.3 is 10.1 Å². The molecule has 1 radical (unpaired) electrons. The van der Waals surface area contributed by atoms with Crippen molar-refractivity contribution < 1.29 is 27.5 Å². The second-order valence-corrected chi connectivity index (χ2v) is 6.56. The predicted molar refractivity (Wildman–Crippen MR) is 112 cm³/mol. The van der Waals surface area contributed by atoms with Gasteiger partial charge in [0.15, 0.2) is 0 Å². The third kappa shape index (κ3) is 3.52. The summed E-state index contributed by atoms with van der Waals surface area (Å²) in [5.74, 6) is 0.220. The SMILES string of the molecule is Oc1ccccc1-c1[n-]c(-c2cccc(-c3[c-]cccc3)n2)c2ccccc12.[Au]. The fraction of sp³-hybridized carbons (Fsp3) is 0. The maximum atomic E-state index is 10.3. The molecule has 0 amide bonds. The first-order valence-corrected chi connectivity index (χ1v) is 9.09. The first-order valence-electron chi connectivity index (χ1n) is 9.09. The van der Waals surface area contributed by atoms with E-state index >= 15 is 0 Å². The zero-order chi connectivity index (χ0) is 18.9.